The van der Waals surface area contributed by atoms with Crippen molar-refractivity contribution in [1.29, 1.82) is 0 Å². The summed E-state index contributed by atoms with van der Waals surface area (Å²) in [6.07, 6.45) is 1.47. The van der Waals surface area contributed by atoms with Crippen LogP contribution in [0, 0.1) is 0 Å². The monoisotopic (exact) mass is 255 g/mol. The second-order valence-corrected chi connectivity index (χ2v) is 3.81. The topological polar surface area (TPSA) is 101 Å². The molecule has 2 aromatic heterocycles. The van der Waals surface area contributed by atoms with Crippen molar-refractivity contribution in [3.05, 3.63) is 27.4 Å². The Balaban J connectivity index is 2.25. The van der Waals surface area contributed by atoms with Gasteiger partial charge in [-0.15, -0.1) is 10.2 Å². The lowest BCUT2D eigenvalue weighted by Crippen LogP contribution is -2.22. The van der Waals surface area contributed by atoms with Gasteiger partial charge >= 0.3 is 0 Å². The van der Waals surface area contributed by atoms with Crippen LogP contribution in [-0.2, 0) is 7.05 Å². The van der Waals surface area contributed by atoms with Gasteiger partial charge in [-0.2, -0.15) is 10.3 Å². The molecule has 1 atom stereocenters. The SMILES string of the molecule is CC(Nc1cnn(C)c(=O)c1Cl)c1nn[nH]n1. The molecule has 2 aromatic rings. The number of aromatic amines is 1. The first-order valence-electron chi connectivity index (χ1n) is 4.81. The van der Waals surface area contributed by atoms with Crippen LogP contribution in [-0.4, -0.2) is 30.4 Å². The summed E-state index contributed by atoms with van der Waals surface area (Å²) >= 11 is 5.90. The van der Waals surface area contributed by atoms with E-state index in [1.54, 1.807) is 0 Å². The summed E-state index contributed by atoms with van der Waals surface area (Å²) in [6.45, 7) is 1.82. The second-order valence-electron chi connectivity index (χ2n) is 3.44. The minimum absolute atomic E-state index is 0.0813. The van der Waals surface area contributed by atoms with Gasteiger partial charge in [0.1, 0.15) is 5.02 Å². The summed E-state index contributed by atoms with van der Waals surface area (Å²) in [4.78, 5) is 11.5. The number of hydrogen-bond acceptors (Lipinski definition) is 6. The number of nitrogens with zero attached hydrogens (tertiary/aromatic N) is 5. The third-order valence-corrected chi connectivity index (χ3v) is 2.56. The van der Waals surface area contributed by atoms with E-state index in [1.807, 2.05) is 6.92 Å². The maximum Gasteiger partial charge on any atom is 0.287 e. The van der Waals surface area contributed by atoms with Crippen LogP contribution in [0.4, 0.5) is 5.69 Å². The largest absolute Gasteiger partial charge is 0.373 e. The van der Waals surface area contributed by atoms with E-state index in [1.165, 1.54) is 13.2 Å². The van der Waals surface area contributed by atoms with Crippen molar-refractivity contribution in [1.82, 2.24) is 30.4 Å². The predicted molar refractivity (Wildman–Crippen MR) is 60.7 cm³/mol. The third kappa shape index (κ3) is 2.26. The van der Waals surface area contributed by atoms with Crippen LogP contribution < -0.4 is 10.9 Å². The normalized spacial score (nSPS) is 12.4. The van der Waals surface area contributed by atoms with E-state index in [0.717, 1.165) is 4.68 Å². The number of anilines is 1. The lowest BCUT2D eigenvalue weighted by Gasteiger charge is -2.12. The van der Waals surface area contributed by atoms with Crippen molar-refractivity contribution in [2.24, 2.45) is 7.05 Å². The number of rotatable bonds is 3. The molecular weight excluding hydrogens is 246 g/mol. The van der Waals surface area contributed by atoms with E-state index in [9.17, 15) is 4.79 Å². The summed E-state index contributed by atoms with van der Waals surface area (Å²) in [5.74, 6) is 0.474. The van der Waals surface area contributed by atoms with E-state index in [2.05, 4.69) is 31.0 Å². The Labute approximate surface area is 101 Å². The molecule has 2 heterocycles. The summed E-state index contributed by atoms with van der Waals surface area (Å²) in [5, 5.41) is 20.4. The molecule has 0 spiro atoms. The molecule has 0 fully saturated rings. The molecule has 2 rings (SSSR count). The Morgan fingerprint density at radius 1 is 1.59 bits per heavy atom. The Morgan fingerprint density at radius 3 is 3.00 bits per heavy atom. The van der Waals surface area contributed by atoms with Crippen molar-refractivity contribution in [2.45, 2.75) is 13.0 Å². The first-order chi connectivity index (χ1) is 8.09. The van der Waals surface area contributed by atoms with Crippen LogP contribution >= 0.6 is 11.6 Å². The van der Waals surface area contributed by atoms with Gasteiger partial charge in [-0.05, 0) is 6.92 Å². The molecule has 0 saturated heterocycles. The van der Waals surface area contributed by atoms with Gasteiger partial charge in [0.15, 0.2) is 5.82 Å². The Kier molecular flexibility index (Phi) is 3.05. The molecule has 0 bridgehead atoms. The standard InChI is InChI=1S/C8H10ClN7O/c1-4(7-12-14-15-13-7)11-5-3-10-16(2)8(17)6(5)9/h3-4,11H,1-2H3,(H,12,13,14,15). The Morgan fingerprint density at radius 2 is 2.35 bits per heavy atom. The summed E-state index contributed by atoms with van der Waals surface area (Å²) < 4.78 is 1.16. The van der Waals surface area contributed by atoms with Crippen molar-refractivity contribution in [3.63, 3.8) is 0 Å². The van der Waals surface area contributed by atoms with E-state index >= 15 is 0 Å². The average Bonchev–Trinajstić information content (AvgIpc) is 2.83. The maximum atomic E-state index is 11.5. The average molecular weight is 256 g/mol. The molecule has 0 aromatic carbocycles. The summed E-state index contributed by atoms with van der Waals surface area (Å²) in [7, 11) is 1.53. The number of hydrogen-bond donors (Lipinski definition) is 2. The molecule has 0 aliphatic rings. The maximum absolute atomic E-state index is 11.5. The van der Waals surface area contributed by atoms with Crippen LogP contribution in [0.15, 0.2) is 11.0 Å². The fourth-order valence-electron chi connectivity index (χ4n) is 1.26. The van der Waals surface area contributed by atoms with Crippen LogP contribution in [0.25, 0.3) is 0 Å². The Bertz CT molecular complexity index is 564. The Hall–Kier alpha value is -1.96. The molecule has 0 amide bonds. The van der Waals surface area contributed by atoms with Gasteiger partial charge in [0, 0.05) is 7.05 Å². The first kappa shape index (κ1) is 11.5. The van der Waals surface area contributed by atoms with Crippen molar-refractivity contribution in [2.75, 3.05) is 5.32 Å². The molecule has 9 heteroatoms. The smallest absolute Gasteiger partial charge is 0.287 e. The fraction of sp³-hybridized carbons (Fsp3) is 0.375. The predicted octanol–water partition coefficient (Wildman–Crippen LogP) is 0.120. The molecule has 0 radical (unpaired) electrons. The van der Waals surface area contributed by atoms with Crippen molar-refractivity contribution in [3.8, 4) is 0 Å². The van der Waals surface area contributed by atoms with Crippen molar-refractivity contribution >= 4 is 17.3 Å². The van der Waals surface area contributed by atoms with Gasteiger partial charge in [-0.3, -0.25) is 4.79 Å². The molecule has 0 saturated carbocycles. The minimum atomic E-state index is -0.364. The number of halogens is 1. The zero-order chi connectivity index (χ0) is 12.4. The fourth-order valence-corrected chi connectivity index (χ4v) is 1.49. The number of H-pyrrole nitrogens is 1. The molecule has 8 nitrogen and oxygen atoms in total. The van der Waals surface area contributed by atoms with Gasteiger partial charge < -0.3 is 5.32 Å². The molecule has 90 valence electrons. The number of aryl methyl sites for hydroxylation is 1. The van der Waals surface area contributed by atoms with E-state index in [0.29, 0.717) is 11.5 Å². The lowest BCUT2D eigenvalue weighted by atomic mass is 10.3. The molecule has 1 unspecified atom stereocenters. The zero-order valence-corrected chi connectivity index (χ0v) is 9.93. The van der Waals surface area contributed by atoms with E-state index in [-0.39, 0.29) is 16.6 Å². The van der Waals surface area contributed by atoms with Gasteiger partial charge in [-0.1, -0.05) is 16.8 Å². The highest BCUT2D eigenvalue weighted by atomic mass is 35.5. The van der Waals surface area contributed by atoms with E-state index in [4.69, 9.17) is 11.6 Å². The molecule has 2 N–H and O–H groups in total. The quantitative estimate of drug-likeness (QED) is 0.808. The van der Waals surface area contributed by atoms with Crippen LogP contribution in [0.3, 0.4) is 0 Å². The van der Waals surface area contributed by atoms with Crippen molar-refractivity contribution < 1.29 is 0 Å². The second kappa shape index (κ2) is 4.50. The third-order valence-electron chi connectivity index (χ3n) is 2.20. The van der Waals surface area contributed by atoms with Crippen LogP contribution in [0.2, 0.25) is 5.02 Å². The minimum Gasteiger partial charge on any atom is -0.373 e. The number of aromatic nitrogens is 6. The van der Waals surface area contributed by atoms with Gasteiger partial charge in [0.05, 0.1) is 17.9 Å². The lowest BCUT2D eigenvalue weighted by molar-refractivity contribution is 0.704. The highest BCUT2D eigenvalue weighted by Crippen LogP contribution is 2.20. The summed E-state index contributed by atoms with van der Waals surface area (Å²) in [6, 6.07) is -0.236. The molecule has 17 heavy (non-hydrogen) atoms. The van der Waals surface area contributed by atoms with E-state index < -0.39 is 0 Å². The van der Waals surface area contributed by atoms with Crippen LogP contribution in [0.5, 0.6) is 0 Å². The number of nitrogens with one attached hydrogen (secondary N) is 2. The van der Waals surface area contributed by atoms with Gasteiger partial charge in [0.2, 0.25) is 0 Å². The molecule has 0 aliphatic carbocycles. The van der Waals surface area contributed by atoms with Gasteiger partial charge in [-0.25, -0.2) is 4.68 Å². The summed E-state index contributed by atoms with van der Waals surface area (Å²) in [5.41, 5.74) is 0.0732. The van der Waals surface area contributed by atoms with Gasteiger partial charge in [0.25, 0.3) is 5.56 Å². The zero-order valence-electron chi connectivity index (χ0n) is 9.18. The first-order valence-corrected chi connectivity index (χ1v) is 5.19. The molecule has 0 aliphatic heterocycles. The highest BCUT2D eigenvalue weighted by Gasteiger charge is 2.14. The highest BCUT2D eigenvalue weighted by molar-refractivity contribution is 6.32. The molecular formula is C8H10ClN7O. The van der Waals surface area contributed by atoms with Crippen LogP contribution in [0.1, 0.15) is 18.8 Å². The number of tetrazole rings is 1.